The molecule has 0 amide bonds. The van der Waals surface area contributed by atoms with Crippen LogP contribution >= 0.6 is 0 Å². The van der Waals surface area contributed by atoms with Crippen LogP contribution in [0, 0.1) is 6.92 Å². The Morgan fingerprint density at radius 3 is 2.62 bits per heavy atom. The van der Waals surface area contributed by atoms with Crippen LogP contribution < -0.4 is 4.74 Å². The number of methoxy groups -OCH3 is 1. The van der Waals surface area contributed by atoms with Crippen molar-refractivity contribution in [1.82, 2.24) is 9.38 Å². The first-order chi connectivity index (χ1) is 12.8. The van der Waals surface area contributed by atoms with Gasteiger partial charge in [0.25, 0.3) is 0 Å². The van der Waals surface area contributed by atoms with Crippen LogP contribution in [0.5, 0.6) is 5.75 Å². The number of rotatable bonds is 4. The van der Waals surface area contributed by atoms with E-state index in [9.17, 15) is 0 Å². The molecule has 0 N–H and O–H groups in total. The summed E-state index contributed by atoms with van der Waals surface area (Å²) < 4.78 is 7.29. The van der Waals surface area contributed by atoms with Gasteiger partial charge in [0, 0.05) is 11.8 Å². The van der Waals surface area contributed by atoms with Gasteiger partial charge in [-0.15, -0.1) is 10.2 Å². The SMILES string of the molecule is COc1cccc(-c2nc3ccccn3c2N=Nc2ccccc2C)c1. The van der Waals surface area contributed by atoms with E-state index < -0.39 is 0 Å². The highest BCUT2D eigenvalue weighted by atomic mass is 16.5. The Labute approximate surface area is 151 Å². The van der Waals surface area contributed by atoms with Crippen molar-refractivity contribution in [3.8, 4) is 17.0 Å². The first-order valence-corrected chi connectivity index (χ1v) is 8.35. The third kappa shape index (κ3) is 2.95. The highest BCUT2D eigenvalue weighted by molar-refractivity contribution is 5.75. The van der Waals surface area contributed by atoms with Crippen molar-refractivity contribution in [2.24, 2.45) is 10.2 Å². The summed E-state index contributed by atoms with van der Waals surface area (Å²) >= 11 is 0. The minimum absolute atomic E-state index is 0.692. The maximum atomic E-state index is 5.35. The first-order valence-electron chi connectivity index (χ1n) is 8.35. The standard InChI is InChI=1S/C21H18N4O/c1-15-8-3-4-11-18(15)23-24-21-20(16-9-7-10-17(14-16)26-2)22-19-12-5-6-13-25(19)21/h3-14H,1-2H3. The average molecular weight is 342 g/mol. The van der Waals surface area contributed by atoms with E-state index in [2.05, 4.69) is 10.2 Å². The Morgan fingerprint density at radius 1 is 0.923 bits per heavy atom. The number of nitrogens with zero attached hydrogens (tertiary/aromatic N) is 4. The molecule has 2 aromatic carbocycles. The lowest BCUT2D eigenvalue weighted by Crippen LogP contribution is -1.84. The normalized spacial score (nSPS) is 11.3. The van der Waals surface area contributed by atoms with Gasteiger partial charge in [0.05, 0.1) is 12.8 Å². The third-order valence-electron chi connectivity index (χ3n) is 4.22. The summed E-state index contributed by atoms with van der Waals surface area (Å²) in [5.74, 6) is 1.47. The smallest absolute Gasteiger partial charge is 0.187 e. The molecule has 0 radical (unpaired) electrons. The molecule has 0 atom stereocenters. The number of imidazole rings is 1. The van der Waals surface area contributed by atoms with E-state index in [1.54, 1.807) is 7.11 Å². The van der Waals surface area contributed by atoms with E-state index in [1.807, 2.05) is 84.3 Å². The molecule has 0 saturated heterocycles. The number of benzene rings is 2. The number of pyridine rings is 1. The molecule has 5 heteroatoms. The molecule has 0 aliphatic carbocycles. The molecule has 5 nitrogen and oxygen atoms in total. The molecular formula is C21H18N4O. The predicted octanol–water partition coefficient (Wildman–Crippen LogP) is 5.73. The fourth-order valence-electron chi connectivity index (χ4n) is 2.82. The topological polar surface area (TPSA) is 51.2 Å². The maximum absolute atomic E-state index is 5.35. The van der Waals surface area contributed by atoms with Gasteiger partial charge in [-0.1, -0.05) is 36.4 Å². The molecule has 4 rings (SSSR count). The summed E-state index contributed by atoms with van der Waals surface area (Å²) in [4.78, 5) is 4.75. The second kappa shape index (κ2) is 6.80. The number of aromatic nitrogens is 2. The first kappa shape index (κ1) is 16.0. The molecule has 128 valence electrons. The molecule has 0 aliphatic heterocycles. The van der Waals surface area contributed by atoms with Crippen LogP contribution in [-0.4, -0.2) is 16.5 Å². The van der Waals surface area contributed by atoms with E-state index in [0.29, 0.717) is 5.82 Å². The van der Waals surface area contributed by atoms with Crippen LogP contribution in [-0.2, 0) is 0 Å². The van der Waals surface area contributed by atoms with Gasteiger partial charge < -0.3 is 4.74 Å². The van der Waals surface area contributed by atoms with Crippen molar-refractivity contribution in [3.05, 3.63) is 78.5 Å². The van der Waals surface area contributed by atoms with Gasteiger partial charge in [-0.25, -0.2) is 4.98 Å². The Kier molecular flexibility index (Phi) is 4.19. The van der Waals surface area contributed by atoms with Gasteiger partial charge in [-0.2, -0.15) is 0 Å². The van der Waals surface area contributed by atoms with Crippen LogP contribution in [0.1, 0.15) is 5.56 Å². The molecule has 0 bridgehead atoms. The van der Waals surface area contributed by atoms with E-state index in [0.717, 1.165) is 33.9 Å². The summed E-state index contributed by atoms with van der Waals surface area (Å²) in [5.41, 5.74) is 4.45. The molecule has 0 aliphatic rings. The highest BCUT2D eigenvalue weighted by Gasteiger charge is 2.14. The van der Waals surface area contributed by atoms with E-state index in [4.69, 9.17) is 9.72 Å². The number of azo groups is 1. The molecular weight excluding hydrogens is 324 g/mol. The molecule has 0 unspecified atom stereocenters. The van der Waals surface area contributed by atoms with E-state index in [1.165, 1.54) is 0 Å². The second-order valence-corrected chi connectivity index (χ2v) is 5.93. The molecule has 4 aromatic rings. The summed E-state index contributed by atoms with van der Waals surface area (Å²) in [6, 6.07) is 21.6. The molecule has 2 heterocycles. The van der Waals surface area contributed by atoms with Crippen LogP contribution in [0.3, 0.4) is 0 Å². The monoisotopic (exact) mass is 342 g/mol. The zero-order valence-corrected chi connectivity index (χ0v) is 14.6. The van der Waals surface area contributed by atoms with E-state index in [-0.39, 0.29) is 0 Å². The Hall–Kier alpha value is -3.47. The second-order valence-electron chi connectivity index (χ2n) is 5.93. The summed E-state index contributed by atoms with van der Waals surface area (Å²) in [6.45, 7) is 2.02. The Balaban J connectivity index is 1.88. The minimum atomic E-state index is 0.692. The summed E-state index contributed by atoms with van der Waals surface area (Å²) in [5, 5.41) is 9.00. The molecule has 0 saturated carbocycles. The zero-order valence-electron chi connectivity index (χ0n) is 14.6. The molecule has 2 aromatic heterocycles. The summed E-state index contributed by atoms with van der Waals surface area (Å²) in [7, 11) is 1.65. The zero-order chi connectivity index (χ0) is 17.9. The van der Waals surface area contributed by atoms with Crippen LogP contribution in [0.25, 0.3) is 16.9 Å². The number of hydrogen-bond acceptors (Lipinski definition) is 4. The highest BCUT2D eigenvalue weighted by Crippen LogP contribution is 2.34. The van der Waals surface area contributed by atoms with Crippen molar-refractivity contribution in [3.63, 3.8) is 0 Å². The average Bonchev–Trinajstić information content (AvgIpc) is 3.06. The predicted molar refractivity (Wildman–Crippen MR) is 103 cm³/mol. The number of hydrogen-bond donors (Lipinski definition) is 0. The van der Waals surface area contributed by atoms with Gasteiger partial charge in [-0.3, -0.25) is 4.40 Å². The van der Waals surface area contributed by atoms with Crippen LogP contribution in [0.2, 0.25) is 0 Å². The lowest BCUT2D eigenvalue weighted by molar-refractivity contribution is 0.415. The lowest BCUT2D eigenvalue weighted by Gasteiger charge is -2.03. The van der Waals surface area contributed by atoms with Gasteiger partial charge in [0.15, 0.2) is 5.82 Å². The number of fused-ring (bicyclic) bond motifs is 1. The maximum Gasteiger partial charge on any atom is 0.187 e. The third-order valence-corrected chi connectivity index (χ3v) is 4.22. The summed E-state index contributed by atoms with van der Waals surface area (Å²) in [6.07, 6.45) is 1.94. The number of aryl methyl sites for hydroxylation is 1. The van der Waals surface area contributed by atoms with E-state index >= 15 is 0 Å². The van der Waals surface area contributed by atoms with Gasteiger partial charge in [0.1, 0.15) is 17.1 Å². The van der Waals surface area contributed by atoms with Crippen molar-refractivity contribution in [2.75, 3.05) is 7.11 Å². The van der Waals surface area contributed by atoms with Crippen molar-refractivity contribution >= 4 is 17.2 Å². The fourth-order valence-corrected chi connectivity index (χ4v) is 2.82. The van der Waals surface area contributed by atoms with Gasteiger partial charge >= 0.3 is 0 Å². The van der Waals surface area contributed by atoms with Crippen molar-refractivity contribution in [1.29, 1.82) is 0 Å². The van der Waals surface area contributed by atoms with Crippen LogP contribution in [0.15, 0.2) is 83.2 Å². The minimum Gasteiger partial charge on any atom is -0.497 e. The number of ether oxygens (including phenoxy) is 1. The molecule has 26 heavy (non-hydrogen) atoms. The fraction of sp³-hybridized carbons (Fsp3) is 0.0952. The van der Waals surface area contributed by atoms with Crippen molar-refractivity contribution in [2.45, 2.75) is 6.92 Å². The lowest BCUT2D eigenvalue weighted by atomic mass is 10.1. The quantitative estimate of drug-likeness (QED) is 0.444. The van der Waals surface area contributed by atoms with Gasteiger partial charge in [0.2, 0.25) is 0 Å². The van der Waals surface area contributed by atoms with Gasteiger partial charge in [-0.05, 0) is 42.8 Å². The largest absolute Gasteiger partial charge is 0.497 e. The Morgan fingerprint density at radius 2 is 1.77 bits per heavy atom. The van der Waals surface area contributed by atoms with Crippen molar-refractivity contribution < 1.29 is 4.74 Å². The van der Waals surface area contributed by atoms with Crippen LogP contribution in [0.4, 0.5) is 11.5 Å². The molecule has 0 fully saturated rings. The Bertz CT molecular complexity index is 1100. The molecule has 0 spiro atoms.